The molecule has 0 aromatic carbocycles. The summed E-state index contributed by atoms with van der Waals surface area (Å²) in [5.41, 5.74) is 0. The van der Waals surface area contributed by atoms with Crippen LogP contribution in [0.1, 0.15) is 39.0 Å². The van der Waals surface area contributed by atoms with E-state index in [2.05, 4.69) is 17.1 Å². The van der Waals surface area contributed by atoms with Gasteiger partial charge in [-0.15, -0.1) is 11.6 Å². The molecule has 0 aliphatic carbocycles. The molecule has 1 aliphatic rings. The number of carbonyl (C=O) groups excluding carboxylic acids is 1. The van der Waals surface area contributed by atoms with Crippen LogP contribution in [0.25, 0.3) is 0 Å². The van der Waals surface area contributed by atoms with Gasteiger partial charge in [0.25, 0.3) is 0 Å². The normalized spacial score (nSPS) is 18.2. The molecule has 0 spiro atoms. The molecule has 0 bridgehead atoms. The second kappa shape index (κ2) is 8.76. The topological polar surface area (TPSA) is 32.3 Å². The third-order valence-electron chi connectivity index (χ3n) is 3.39. The van der Waals surface area contributed by atoms with Gasteiger partial charge < -0.3 is 10.2 Å². The van der Waals surface area contributed by atoms with Crippen LogP contribution in [-0.4, -0.2) is 42.9 Å². The third-order valence-corrected chi connectivity index (χ3v) is 3.65. The van der Waals surface area contributed by atoms with E-state index in [0.717, 1.165) is 31.8 Å². The van der Waals surface area contributed by atoms with E-state index in [0.29, 0.717) is 12.3 Å². The van der Waals surface area contributed by atoms with E-state index in [1.165, 1.54) is 25.9 Å². The summed E-state index contributed by atoms with van der Waals surface area (Å²) < 4.78 is 0. The molecule has 1 amide bonds. The fraction of sp³-hybridized carbons (Fsp3) is 0.923. The number of nitrogens with zero attached hydrogens (tertiary/aromatic N) is 1. The number of alkyl halides is 1. The molecule has 1 N–H and O–H groups in total. The Morgan fingerprint density at radius 2 is 2.06 bits per heavy atom. The van der Waals surface area contributed by atoms with E-state index < -0.39 is 0 Å². The molecule has 1 saturated heterocycles. The van der Waals surface area contributed by atoms with E-state index in [9.17, 15) is 4.79 Å². The van der Waals surface area contributed by atoms with Gasteiger partial charge in [-0.1, -0.05) is 6.92 Å². The fourth-order valence-electron chi connectivity index (χ4n) is 2.13. The molecule has 0 aromatic heterocycles. The average molecular weight is 261 g/mol. The summed E-state index contributed by atoms with van der Waals surface area (Å²) in [5.74, 6) is 1.60. The number of carbonyl (C=O) groups is 1. The van der Waals surface area contributed by atoms with Gasteiger partial charge in [-0.3, -0.25) is 4.79 Å². The van der Waals surface area contributed by atoms with Gasteiger partial charge in [-0.2, -0.15) is 0 Å². The van der Waals surface area contributed by atoms with Crippen LogP contribution in [0.4, 0.5) is 0 Å². The Kier molecular flexibility index (Phi) is 7.62. The summed E-state index contributed by atoms with van der Waals surface area (Å²) in [7, 11) is 0. The van der Waals surface area contributed by atoms with Crippen molar-refractivity contribution < 1.29 is 4.79 Å². The second-order valence-corrected chi connectivity index (χ2v) is 5.40. The van der Waals surface area contributed by atoms with Crippen LogP contribution in [0, 0.1) is 5.92 Å². The molecule has 0 atom stereocenters. The van der Waals surface area contributed by atoms with Crippen LogP contribution in [-0.2, 0) is 4.79 Å². The largest absolute Gasteiger partial charge is 0.356 e. The molecular weight excluding hydrogens is 236 g/mol. The molecule has 1 aliphatic heterocycles. The lowest BCUT2D eigenvalue weighted by Crippen LogP contribution is -2.35. The van der Waals surface area contributed by atoms with E-state index in [-0.39, 0.29) is 5.91 Å². The maximum atomic E-state index is 11.3. The predicted molar refractivity (Wildman–Crippen MR) is 72.4 cm³/mol. The van der Waals surface area contributed by atoms with Crippen molar-refractivity contribution in [2.45, 2.75) is 39.0 Å². The SMILES string of the molecule is CC1CCN(CCCNC(=O)CCCCl)CC1. The van der Waals surface area contributed by atoms with Gasteiger partial charge in [0.15, 0.2) is 0 Å². The smallest absolute Gasteiger partial charge is 0.220 e. The third kappa shape index (κ3) is 6.89. The number of hydrogen-bond acceptors (Lipinski definition) is 2. The molecule has 0 radical (unpaired) electrons. The van der Waals surface area contributed by atoms with E-state index in [4.69, 9.17) is 11.6 Å². The molecule has 1 heterocycles. The van der Waals surface area contributed by atoms with Crippen LogP contribution < -0.4 is 5.32 Å². The molecular formula is C13H25ClN2O. The Bertz CT molecular complexity index is 215. The predicted octanol–water partition coefficient (Wildman–Crippen LogP) is 2.24. The molecule has 17 heavy (non-hydrogen) atoms. The summed E-state index contributed by atoms with van der Waals surface area (Å²) in [6.07, 6.45) is 5.04. The lowest BCUT2D eigenvalue weighted by molar-refractivity contribution is -0.121. The summed E-state index contributed by atoms with van der Waals surface area (Å²) in [6, 6.07) is 0. The van der Waals surface area contributed by atoms with Gasteiger partial charge in [-0.05, 0) is 51.2 Å². The first-order valence-electron chi connectivity index (χ1n) is 6.77. The molecule has 0 aromatic rings. The Labute approximate surface area is 110 Å². The van der Waals surface area contributed by atoms with Gasteiger partial charge in [0.05, 0.1) is 0 Å². The van der Waals surface area contributed by atoms with Crippen molar-refractivity contribution in [3.8, 4) is 0 Å². The summed E-state index contributed by atoms with van der Waals surface area (Å²) in [4.78, 5) is 13.8. The number of likely N-dealkylation sites (tertiary alicyclic amines) is 1. The minimum atomic E-state index is 0.137. The van der Waals surface area contributed by atoms with Crippen molar-refractivity contribution in [3.63, 3.8) is 0 Å². The zero-order chi connectivity index (χ0) is 12.5. The van der Waals surface area contributed by atoms with Crippen LogP contribution >= 0.6 is 11.6 Å². The standard InChI is InChI=1S/C13H25ClN2O/c1-12-5-10-16(11-6-12)9-3-8-15-13(17)4-2-7-14/h12H,2-11H2,1H3,(H,15,17). The molecule has 1 rings (SSSR count). The number of amides is 1. The molecule has 100 valence electrons. The highest BCUT2D eigenvalue weighted by Crippen LogP contribution is 2.15. The Morgan fingerprint density at radius 1 is 1.35 bits per heavy atom. The summed E-state index contributed by atoms with van der Waals surface area (Å²) in [5, 5.41) is 2.94. The Hall–Kier alpha value is -0.280. The Morgan fingerprint density at radius 3 is 2.71 bits per heavy atom. The van der Waals surface area contributed by atoms with Crippen molar-refractivity contribution in [1.82, 2.24) is 10.2 Å². The van der Waals surface area contributed by atoms with Crippen molar-refractivity contribution in [1.29, 1.82) is 0 Å². The Balaban J connectivity index is 1.95. The minimum absolute atomic E-state index is 0.137. The highest BCUT2D eigenvalue weighted by Gasteiger charge is 2.14. The number of halogens is 1. The van der Waals surface area contributed by atoms with Gasteiger partial charge in [0.1, 0.15) is 0 Å². The molecule has 3 nitrogen and oxygen atoms in total. The number of hydrogen-bond donors (Lipinski definition) is 1. The van der Waals surface area contributed by atoms with Crippen molar-refractivity contribution in [2.75, 3.05) is 32.1 Å². The van der Waals surface area contributed by atoms with Gasteiger partial charge in [0.2, 0.25) is 5.91 Å². The number of nitrogens with one attached hydrogen (secondary N) is 1. The van der Waals surface area contributed by atoms with Gasteiger partial charge >= 0.3 is 0 Å². The summed E-state index contributed by atoms with van der Waals surface area (Å²) >= 11 is 5.53. The highest BCUT2D eigenvalue weighted by molar-refractivity contribution is 6.17. The first-order valence-corrected chi connectivity index (χ1v) is 7.31. The van der Waals surface area contributed by atoms with E-state index in [1.54, 1.807) is 0 Å². The van der Waals surface area contributed by atoms with Crippen molar-refractivity contribution >= 4 is 17.5 Å². The molecule has 1 fully saturated rings. The quantitative estimate of drug-likeness (QED) is 0.563. The molecule has 0 unspecified atom stereocenters. The maximum Gasteiger partial charge on any atom is 0.220 e. The summed E-state index contributed by atoms with van der Waals surface area (Å²) in [6.45, 7) is 6.69. The zero-order valence-electron chi connectivity index (χ0n) is 10.9. The monoisotopic (exact) mass is 260 g/mol. The average Bonchev–Trinajstić information content (AvgIpc) is 2.34. The molecule has 4 heteroatoms. The highest BCUT2D eigenvalue weighted by atomic mass is 35.5. The van der Waals surface area contributed by atoms with Crippen LogP contribution in [0.2, 0.25) is 0 Å². The molecule has 0 saturated carbocycles. The first-order chi connectivity index (χ1) is 8.22. The second-order valence-electron chi connectivity index (χ2n) is 5.02. The fourth-order valence-corrected chi connectivity index (χ4v) is 2.27. The van der Waals surface area contributed by atoms with Gasteiger partial charge in [0, 0.05) is 18.8 Å². The van der Waals surface area contributed by atoms with Crippen molar-refractivity contribution in [2.24, 2.45) is 5.92 Å². The first kappa shape index (κ1) is 14.8. The number of piperidine rings is 1. The van der Waals surface area contributed by atoms with Crippen LogP contribution in [0.5, 0.6) is 0 Å². The lowest BCUT2D eigenvalue weighted by Gasteiger charge is -2.30. The maximum absolute atomic E-state index is 11.3. The lowest BCUT2D eigenvalue weighted by atomic mass is 9.99. The van der Waals surface area contributed by atoms with Crippen LogP contribution in [0.3, 0.4) is 0 Å². The van der Waals surface area contributed by atoms with E-state index >= 15 is 0 Å². The van der Waals surface area contributed by atoms with E-state index in [1.807, 2.05) is 0 Å². The van der Waals surface area contributed by atoms with Gasteiger partial charge in [-0.25, -0.2) is 0 Å². The number of rotatable bonds is 7. The minimum Gasteiger partial charge on any atom is -0.356 e. The zero-order valence-corrected chi connectivity index (χ0v) is 11.6. The van der Waals surface area contributed by atoms with Crippen molar-refractivity contribution in [3.05, 3.63) is 0 Å². The van der Waals surface area contributed by atoms with Crippen LogP contribution in [0.15, 0.2) is 0 Å².